The van der Waals surface area contributed by atoms with Crippen LogP contribution in [0, 0.1) is 11.6 Å². The zero-order chi connectivity index (χ0) is 18.8. The first-order chi connectivity index (χ1) is 12.4. The minimum absolute atomic E-state index is 0.119. The molecule has 0 saturated carbocycles. The Morgan fingerprint density at radius 3 is 2.46 bits per heavy atom. The number of aromatic nitrogens is 2. The Hall–Kier alpha value is -2.46. The first-order valence-corrected chi connectivity index (χ1v) is 8.78. The van der Waals surface area contributed by atoms with Gasteiger partial charge >= 0.3 is 5.97 Å². The van der Waals surface area contributed by atoms with Crippen LogP contribution in [0.15, 0.2) is 34.8 Å². The molecule has 0 spiro atoms. The number of fused-ring (bicyclic) bond motifs is 1. The quantitative estimate of drug-likeness (QED) is 0.634. The van der Waals surface area contributed by atoms with E-state index in [1.165, 1.54) is 0 Å². The molecule has 0 aliphatic heterocycles. The van der Waals surface area contributed by atoms with Gasteiger partial charge in [0.15, 0.2) is 0 Å². The largest absolute Gasteiger partial charge is 0.480 e. The third-order valence-corrected chi connectivity index (χ3v) is 4.84. The van der Waals surface area contributed by atoms with Crippen molar-refractivity contribution in [3.63, 3.8) is 0 Å². The zero-order valence-corrected chi connectivity index (χ0v) is 15.3. The summed E-state index contributed by atoms with van der Waals surface area (Å²) in [7, 11) is 0. The molecule has 0 aliphatic rings. The molecule has 26 heavy (non-hydrogen) atoms. The van der Waals surface area contributed by atoms with Gasteiger partial charge in [-0.1, -0.05) is 12.1 Å². The van der Waals surface area contributed by atoms with Gasteiger partial charge in [0.25, 0.3) is 5.91 Å². The fourth-order valence-electron chi connectivity index (χ4n) is 2.42. The van der Waals surface area contributed by atoms with Crippen LogP contribution in [0.1, 0.15) is 15.9 Å². The van der Waals surface area contributed by atoms with Crippen molar-refractivity contribution in [1.29, 1.82) is 0 Å². The molecule has 6 nitrogen and oxygen atoms in total. The molecule has 1 aromatic heterocycles. The van der Waals surface area contributed by atoms with E-state index >= 15 is 0 Å². The minimum Gasteiger partial charge on any atom is -0.480 e. The summed E-state index contributed by atoms with van der Waals surface area (Å²) in [5.74, 6) is -4.62. The van der Waals surface area contributed by atoms with Crippen molar-refractivity contribution in [2.75, 3.05) is 0 Å². The molecular weight excluding hydrogens is 432 g/mol. The molecule has 3 aromatic rings. The van der Waals surface area contributed by atoms with Gasteiger partial charge in [0.2, 0.25) is 0 Å². The highest BCUT2D eigenvalue weighted by atomic mass is 79.9. The molecule has 2 N–H and O–H groups in total. The average Bonchev–Trinajstić information content (AvgIpc) is 3.07. The van der Waals surface area contributed by atoms with Crippen LogP contribution in [0.5, 0.6) is 0 Å². The minimum atomic E-state index is -1.40. The van der Waals surface area contributed by atoms with Crippen LogP contribution in [0.4, 0.5) is 8.78 Å². The van der Waals surface area contributed by atoms with Crippen molar-refractivity contribution >= 4 is 50.6 Å². The van der Waals surface area contributed by atoms with Gasteiger partial charge in [-0.15, -0.1) is 0 Å². The van der Waals surface area contributed by atoms with E-state index in [2.05, 4.69) is 30.0 Å². The smallest absolute Gasteiger partial charge is 0.326 e. The number of hydrogen-bond donors (Lipinski definition) is 2. The molecule has 1 atom stereocenters. The predicted octanol–water partition coefficient (Wildman–Crippen LogP) is 3.16. The first kappa shape index (κ1) is 18.3. The Labute approximate surface area is 158 Å². The highest BCUT2D eigenvalue weighted by Gasteiger charge is 2.26. The van der Waals surface area contributed by atoms with E-state index in [4.69, 9.17) is 0 Å². The lowest BCUT2D eigenvalue weighted by Crippen LogP contribution is -2.43. The highest BCUT2D eigenvalue weighted by Crippen LogP contribution is 2.26. The number of carboxylic acids is 1. The maximum absolute atomic E-state index is 13.7. The summed E-state index contributed by atoms with van der Waals surface area (Å²) >= 11 is 4.29. The number of nitrogens with one attached hydrogen (secondary N) is 1. The van der Waals surface area contributed by atoms with Crippen molar-refractivity contribution < 1.29 is 23.5 Å². The Morgan fingerprint density at radius 2 is 1.81 bits per heavy atom. The Kier molecular flexibility index (Phi) is 5.23. The lowest BCUT2D eigenvalue weighted by Gasteiger charge is -2.15. The number of carbonyl (C=O) groups excluding carboxylic acids is 1. The van der Waals surface area contributed by atoms with Gasteiger partial charge in [-0.2, -0.15) is 8.75 Å². The Bertz CT molecular complexity index is 991. The molecule has 1 heterocycles. The second-order valence-corrected chi connectivity index (χ2v) is 6.72. The molecule has 0 unspecified atom stereocenters. The van der Waals surface area contributed by atoms with E-state index in [0.29, 0.717) is 21.1 Å². The number of carboxylic acid groups (broad SMARTS) is 1. The maximum atomic E-state index is 13.7. The summed E-state index contributed by atoms with van der Waals surface area (Å²) < 4.78 is 36.4. The average molecular weight is 442 g/mol. The Morgan fingerprint density at radius 1 is 1.15 bits per heavy atom. The number of carbonyl (C=O) groups is 2. The topological polar surface area (TPSA) is 92.2 Å². The summed E-state index contributed by atoms with van der Waals surface area (Å²) in [6.45, 7) is 0. The van der Waals surface area contributed by atoms with E-state index < -0.39 is 35.1 Å². The number of benzene rings is 2. The van der Waals surface area contributed by atoms with Gasteiger partial charge in [0.1, 0.15) is 34.3 Å². The monoisotopic (exact) mass is 441 g/mol. The molecule has 0 saturated heterocycles. The van der Waals surface area contributed by atoms with E-state index in [0.717, 1.165) is 29.9 Å². The number of rotatable bonds is 5. The van der Waals surface area contributed by atoms with Crippen LogP contribution in [0.25, 0.3) is 11.0 Å². The van der Waals surface area contributed by atoms with Crippen molar-refractivity contribution in [3.8, 4) is 0 Å². The van der Waals surface area contributed by atoms with E-state index in [1.807, 2.05) is 0 Å². The molecule has 0 radical (unpaired) electrons. The molecular formula is C16H10BrF2N3O3S. The summed E-state index contributed by atoms with van der Waals surface area (Å²) in [5.41, 5.74) is 0.791. The summed E-state index contributed by atoms with van der Waals surface area (Å²) in [4.78, 5) is 23.7. The molecule has 0 fully saturated rings. The van der Waals surface area contributed by atoms with Gasteiger partial charge in [-0.3, -0.25) is 4.79 Å². The van der Waals surface area contributed by atoms with Gasteiger partial charge in [-0.25, -0.2) is 13.6 Å². The zero-order valence-electron chi connectivity index (χ0n) is 12.9. The number of amides is 1. The third-order valence-electron chi connectivity index (χ3n) is 3.67. The molecule has 3 rings (SSSR count). The van der Waals surface area contributed by atoms with Crippen LogP contribution < -0.4 is 5.32 Å². The van der Waals surface area contributed by atoms with Crippen LogP contribution in [0.3, 0.4) is 0 Å². The number of nitrogens with zero attached hydrogens (tertiary/aromatic N) is 2. The SMILES string of the molecule is O=C(N[C@@H](Cc1ccc(Br)c2nsnc12)C(=O)O)c1c(F)cccc1F. The van der Waals surface area contributed by atoms with Crippen LogP contribution in [-0.4, -0.2) is 31.8 Å². The second-order valence-electron chi connectivity index (χ2n) is 5.33. The van der Waals surface area contributed by atoms with Crippen LogP contribution in [0.2, 0.25) is 0 Å². The van der Waals surface area contributed by atoms with Crippen molar-refractivity contribution in [2.24, 2.45) is 0 Å². The summed E-state index contributed by atoms with van der Waals surface area (Å²) in [5, 5.41) is 11.6. The van der Waals surface area contributed by atoms with Gasteiger partial charge < -0.3 is 10.4 Å². The summed E-state index contributed by atoms with van der Waals surface area (Å²) in [6.07, 6.45) is -0.119. The predicted molar refractivity (Wildman–Crippen MR) is 94.1 cm³/mol. The lowest BCUT2D eigenvalue weighted by molar-refractivity contribution is -0.139. The molecule has 1 amide bonds. The van der Waals surface area contributed by atoms with E-state index in [9.17, 15) is 23.5 Å². The maximum Gasteiger partial charge on any atom is 0.326 e. The molecule has 2 aromatic carbocycles. The highest BCUT2D eigenvalue weighted by molar-refractivity contribution is 9.10. The molecule has 0 bridgehead atoms. The van der Waals surface area contributed by atoms with Crippen molar-refractivity contribution in [3.05, 3.63) is 57.6 Å². The Balaban J connectivity index is 1.88. The summed E-state index contributed by atoms with van der Waals surface area (Å²) in [6, 6.07) is 4.91. The second kappa shape index (κ2) is 7.42. The standard InChI is InChI=1S/C16H10BrF2N3O3S/c17-8-5-4-7(13-14(8)22-26-21-13)6-11(16(24)25)20-15(23)12-9(18)2-1-3-10(12)19/h1-5,11H,6H2,(H,20,23)(H,24,25)/t11-/m0/s1. The van der Waals surface area contributed by atoms with Crippen molar-refractivity contribution in [2.45, 2.75) is 12.5 Å². The van der Waals surface area contributed by atoms with Crippen molar-refractivity contribution in [1.82, 2.24) is 14.1 Å². The fraction of sp³-hybridized carbons (Fsp3) is 0.125. The van der Waals surface area contributed by atoms with Gasteiger partial charge in [0.05, 0.1) is 11.7 Å². The van der Waals surface area contributed by atoms with Gasteiger partial charge in [-0.05, 0) is 39.7 Å². The van der Waals surface area contributed by atoms with Crippen LogP contribution in [-0.2, 0) is 11.2 Å². The third kappa shape index (κ3) is 3.56. The van der Waals surface area contributed by atoms with E-state index in [1.54, 1.807) is 12.1 Å². The fourth-order valence-corrected chi connectivity index (χ4v) is 3.54. The van der Waals surface area contributed by atoms with Gasteiger partial charge in [0, 0.05) is 10.9 Å². The lowest BCUT2D eigenvalue weighted by atomic mass is 10.0. The molecule has 10 heteroatoms. The van der Waals surface area contributed by atoms with Crippen LogP contribution >= 0.6 is 27.7 Å². The molecule has 134 valence electrons. The normalized spacial score (nSPS) is 12.1. The molecule has 0 aliphatic carbocycles. The number of halogens is 3. The number of aliphatic carboxylic acids is 1. The number of hydrogen-bond acceptors (Lipinski definition) is 5. The van der Waals surface area contributed by atoms with E-state index in [-0.39, 0.29) is 6.42 Å². The first-order valence-electron chi connectivity index (χ1n) is 7.26.